The highest BCUT2D eigenvalue weighted by Gasteiger charge is 2.18. The molecule has 0 amide bonds. The largest absolute Gasteiger partial charge is 0.293 e. The molecule has 2 nitrogen and oxygen atoms in total. The minimum absolute atomic E-state index is 0.525. The van der Waals surface area contributed by atoms with Crippen molar-refractivity contribution < 1.29 is 0 Å². The molecule has 0 saturated carbocycles. The number of hydrogen-bond acceptors (Lipinski definition) is 1. The van der Waals surface area contributed by atoms with E-state index in [0.29, 0.717) is 11.8 Å². The summed E-state index contributed by atoms with van der Waals surface area (Å²) in [6.07, 6.45) is 7.96. The lowest BCUT2D eigenvalue weighted by Gasteiger charge is -2.21. The van der Waals surface area contributed by atoms with Gasteiger partial charge < -0.3 is 0 Å². The molecule has 3 aromatic rings. The normalized spacial score (nSPS) is 20.0. The van der Waals surface area contributed by atoms with Crippen molar-refractivity contribution in [2.45, 2.75) is 27.2 Å². The Morgan fingerprint density at radius 1 is 0.960 bits per heavy atom. The van der Waals surface area contributed by atoms with Crippen molar-refractivity contribution in [1.82, 2.24) is 9.55 Å². The van der Waals surface area contributed by atoms with Crippen molar-refractivity contribution in [2.75, 3.05) is 0 Å². The molecule has 126 valence electrons. The maximum Gasteiger partial charge on any atom is 0.145 e. The zero-order valence-electron chi connectivity index (χ0n) is 15.1. The van der Waals surface area contributed by atoms with Crippen LogP contribution < -0.4 is 0 Å². The second-order valence-corrected chi connectivity index (χ2v) is 6.98. The fourth-order valence-corrected chi connectivity index (χ4v) is 3.42. The van der Waals surface area contributed by atoms with E-state index in [1.807, 2.05) is 0 Å². The number of fused-ring (bicyclic) bond motifs is 1. The van der Waals surface area contributed by atoms with Gasteiger partial charge in [-0.2, -0.15) is 0 Å². The van der Waals surface area contributed by atoms with E-state index in [-0.39, 0.29) is 0 Å². The Bertz CT molecular complexity index is 957. The summed E-state index contributed by atoms with van der Waals surface area (Å²) in [4.78, 5) is 4.95. The zero-order chi connectivity index (χ0) is 17.4. The summed E-state index contributed by atoms with van der Waals surface area (Å²) in [5.74, 6) is 2.11. The molecule has 0 bridgehead atoms. The lowest BCUT2D eigenvalue weighted by atomic mass is 9.90. The van der Waals surface area contributed by atoms with Crippen molar-refractivity contribution in [1.29, 1.82) is 0 Å². The second kappa shape index (κ2) is 6.36. The Balaban J connectivity index is 1.92. The number of rotatable bonds is 3. The predicted octanol–water partition coefficient (Wildman–Crippen LogP) is 5.95. The molecule has 0 spiro atoms. The van der Waals surface area contributed by atoms with Crippen LogP contribution >= 0.6 is 0 Å². The average Bonchev–Trinajstić information content (AvgIpc) is 3.03. The quantitative estimate of drug-likeness (QED) is 0.581. The van der Waals surface area contributed by atoms with Crippen molar-refractivity contribution in [3.63, 3.8) is 0 Å². The number of benzene rings is 2. The summed E-state index contributed by atoms with van der Waals surface area (Å²) in [7, 11) is 0. The standard InChI is InChI=1S/C23H24N2/c1-4-18-10-12-19(13-11-18)23-24-21-7-5-6-8-22(21)25(23)20-14-9-16(2)17(3)15-20/h5-17H,4H2,1-3H3. The Kier molecular flexibility index (Phi) is 4.04. The van der Waals surface area contributed by atoms with Crippen molar-refractivity contribution in [2.24, 2.45) is 11.8 Å². The summed E-state index contributed by atoms with van der Waals surface area (Å²) in [6.45, 7) is 6.73. The number of imidazole rings is 1. The van der Waals surface area contributed by atoms with Crippen LogP contribution in [-0.2, 0) is 6.42 Å². The first-order chi connectivity index (χ1) is 12.2. The highest BCUT2D eigenvalue weighted by atomic mass is 15.1. The molecule has 0 aliphatic heterocycles. The summed E-state index contributed by atoms with van der Waals surface area (Å²) in [5.41, 5.74) is 5.93. The number of para-hydroxylation sites is 2. The Labute approximate surface area is 149 Å². The molecule has 1 aromatic heterocycles. The molecule has 2 aromatic carbocycles. The van der Waals surface area contributed by atoms with Gasteiger partial charge in [-0.15, -0.1) is 0 Å². The van der Waals surface area contributed by atoms with Gasteiger partial charge in [0, 0.05) is 11.3 Å². The van der Waals surface area contributed by atoms with Gasteiger partial charge in [0.25, 0.3) is 0 Å². The molecule has 0 fully saturated rings. The molecule has 25 heavy (non-hydrogen) atoms. The van der Waals surface area contributed by atoms with E-state index < -0.39 is 0 Å². The summed E-state index contributed by atoms with van der Waals surface area (Å²) in [6, 6.07) is 17.2. The van der Waals surface area contributed by atoms with Gasteiger partial charge in [-0.3, -0.25) is 4.57 Å². The Hall–Kier alpha value is -2.61. The van der Waals surface area contributed by atoms with Crippen LogP contribution in [0.1, 0.15) is 26.3 Å². The van der Waals surface area contributed by atoms with Crippen LogP contribution in [0.15, 0.2) is 66.8 Å². The average molecular weight is 328 g/mol. The van der Waals surface area contributed by atoms with E-state index in [1.54, 1.807) is 0 Å². The van der Waals surface area contributed by atoms with Crippen LogP contribution in [0.5, 0.6) is 0 Å². The fraction of sp³-hybridized carbons (Fsp3) is 0.261. The molecule has 2 unspecified atom stereocenters. The van der Waals surface area contributed by atoms with Crippen LogP contribution in [0.3, 0.4) is 0 Å². The maximum absolute atomic E-state index is 4.95. The molecule has 0 radical (unpaired) electrons. The third-order valence-corrected chi connectivity index (χ3v) is 5.27. The van der Waals surface area contributed by atoms with E-state index in [9.17, 15) is 0 Å². The number of hydrogen-bond donors (Lipinski definition) is 0. The second-order valence-electron chi connectivity index (χ2n) is 6.98. The van der Waals surface area contributed by atoms with E-state index in [4.69, 9.17) is 4.98 Å². The smallest absolute Gasteiger partial charge is 0.145 e. The first-order valence-electron chi connectivity index (χ1n) is 9.14. The van der Waals surface area contributed by atoms with Crippen LogP contribution in [0.4, 0.5) is 0 Å². The Morgan fingerprint density at radius 2 is 1.72 bits per heavy atom. The van der Waals surface area contributed by atoms with Crippen LogP contribution in [0.2, 0.25) is 0 Å². The first kappa shape index (κ1) is 15.9. The maximum atomic E-state index is 4.95. The molecule has 1 aliphatic carbocycles. The van der Waals surface area contributed by atoms with Crippen LogP contribution in [0.25, 0.3) is 28.1 Å². The van der Waals surface area contributed by atoms with Crippen molar-refractivity contribution >= 4 is 16.7 Å². The highest BCUT2D eigenvalue weighted by molar-refractivity contribution is 5.86. The predicted molar refractivity (Wildman–Crippen MR) is 106 cm³/mol. The molecule has 4 rings (SSSR count). The first-order valence-corrected chi connectivity index (χ1v) is 9.14. The molecule has 1 heterocycles. The fourth-order valence-electron chi connectivity index (χ4n) is 3.42. The Morgan fingerprint density at radius 3 is 2.44 bits per heavy atom. The molecule has 2 heteroatoms. The minimum atomic E-state index is 0.525. The topological polar surface area (TPSA) is 17.8 Å². The minimum Gasteiger partial charge on any atom is -0.293 e. The van der Waals surface area contributed by atoms with Crippen molar-refractivity contribution in [3.05, 3.63) is 72.3 Å². The zero-order valence-corrected chi connectivity index (χ0v) is 15.1. The molecular weight excluding hydrogens is 304 g/mol. The third kappa shape index (κ3) is 2.82. The molecule has 1 aliphatic rings. The molecule has 2 atom stereocenters. The summed E-state index contributed by atoms with van der Waals surface area (Å²) < 4.78 is 2.30. The monoisotopic (exact) mass is 328 g/mol. The van der Waals surface area contributed by atoms with Gasteiger partial charge in [0.15, 0.2) is 0 Å². The van der Waals surface area contributed by atoms with E-state index >= 15 is 0 Å². The van der Waals surface area contributed by atoms with E-state index in [0.717, 1.165) is 28.8 Å². The third-order valence-electron chi connectivity index (χ3n) is 5.27. The summed E-state index contributed by atoms with van der Waals surface area (Å²) in [5, 5.41) is 0. The number of aryl methyl sites for hydroxylation is 1. The van der Waals surface area contributed by atoms with Gasteiger partial charge in [0.2, 0.25) is 0 Å². The number of allylic oxidation sites excluding steroid dienone is 4. The lowest BCUT2D eigenvalue weighted by molar-refractivity contribution is 0.552. The van der Waals surface area contributed by atoms with Gasteiger partial charge in [0.05, 0.1) is 11.0 Å². The van der Waals surface area contributed by atoms with Gasteiger partial charge in [-0.05, 0) is 42.0 Å². The highest BCUT2D eigenvalue weighted by Crippen LogP contribution is 2.32. The lowest BCUT2D eigenvalue weighted by Crippen LogP contribution is -2.10. The van der Waals surface area contributed by atoms with Crippen molar-refractivity contribution in [3.8, 4) is 11.4 Å². The molecule has 0 saturated heterocycles. The van der Waals surface area contributed by atoms with Crippen LogP contribution in [0, 0.1) is 11.8 Å². The van der Waals surface area contributed by atoms with Gasteiger partial charge in [-0.1, -0.05) is 69.3 Å². The molecular formula is C23H24N2. The number of nitrogens with zero attached hydrogens (tertiary/aromatic N) is 2. The van der Waals surface area contributed by atoms with E-state index in [1.165, 1.54) is 11.3 Å². The summed E-state index contributed by atoms with van der Waals surface area (Å²) >= 11 is 0. The SMILES string of the molecule is CCc1ccc(-c2nc3ccccc3n2C2=CC(C)C(C)C=C2)cc1. The van der Waals surface area contributed by atoms with Gasteiger partial charge >= 0.3 is 0 Å². The van der Waals surface area contributed by atoms with E-state index in [2.05, 4.69) is 92.1 Å². The number of aromatic nitrogens is 2. The molecule has 0 N–H and O–H groups in total. The van der Waals surface area contributed by atoms with Gasteiger partial charge in [-0.25, -0.2) is 4.98 Å². The van der Waals surface area contributed by atoms with Crippen LogP contribution in [-0.4, -0.2) is 9.55 Å². The van der Waals surface area contributed by atoms with Gasteiger partial charge in [0.1, 0.15) is 5.82 Å².